The zero-order valence-corrected chi connectivity index (χ0v) is 24.9. The van der Waals surface area contributed by atoms with Crippen LogP contribution in [0.25, 0.3) is 0 Å². The van der Waals surface area contributed by atoms with Crippen molar-refractivity contribution in [3.63, 3.8) is 0 Å². The van der Waals surface area contributed by atoms with Crippen molar-refractivity contribution in [2.45, 2.75) is 70.1 Å². The van der Waals surface area contributed by atoms with E-state index in [2.05, 4.69) is 15.1 Å². The van der Waals surface area contributed by atoms with Gasteiger partial charge in [-0.05, 0) is 25.3 Å². The highest BCUT2D eigenvalue weighted by atomic mass is 32.1. The van der Waals surface area contributed by atoms with Gasteiger partial charge in [-0.15, -0.1) is 11.3 Å². The highest BCUT2D eigenvalue weighted by Crippen LogP contribution is 2.49. The Morgan fingerprint density at radius 1 is 1.02 bits per heavy atom. The first-order chi connectivity index (χ1) is 20.5. The van der Waals surface area contributed by atoms with Gasteiger partial charge in [-0.2, -0.15) is 0 Å². The molecule has 0 saturated carbocycles. The van der Waals surface area contributed by atoms with Crippen molar-refractivity contribution in [1.29, 1.82) is 0 Å². The number of aromatic nitrogens is 4. The maximum Gasteiger partial charge on any atom is 0.406 e. The van der Waals surface area contributed by atoms with Crippen LogP contribution in [0.1, 0.15) is 41.3 Å². The Bertz CT molecular complexity index is 1720. The van der Waals surface area contributed by atoms with Gasteiger partial charge in [0, 0.05) is 47.8 Å². The van der Waals surface area contributed by atoms with Gasteiger partial charge in [0.25, 0.3) is 11.1 Å². The maximum atomic E-state index is 14.0. The molecule has 2 aliphatic rings. The Morgan fingerprint density at radius 3 is 2.21 bits per heavy atom. The van der Waals surface area contributed by atoms with Crippen LogP contribution in [0, 0.1) is 13.8 Å². The molecule has 0 radical (unpaired) electrons. The first-order valence-corrected chi connectivity index (χ1v) is 15.8. The summed E-state index contributed by atoms with van der Waals surface area (Å²) >= 11 is 1.41. The van der Waals surface area contributed by atoms with E-state index < -0.39 is 80.3 Å². The molecule has 43 heavy (non-hydrogen) atoms. The number of aliphatic hydroxyl groups excluding tert-OH is 2. The zero-order chi connectivity index (χ0) is 30.9. The van der Waals surface area contributed by atoms with E-state index in [9.17, 15) is 34.0 Å². The first kappa shape index (κ1) is 31.4. The molecule has 0 spiro atoms. The summed E-state index contributed by atoms with van der Waals surface area (Å²) < 4.78 is 39.7. The van der Waals surface area contributed by atoms with E-state index in [4.69, 9.17) is 18.5 Å². The van der Waals surface area contributed by atoms with E-state index in [1.165, 1.54) is 37.6 Å². The lowest BCUT2D eigenvalue weighted by Crippen LogP contribution is -2.33. The second-order valence-electron chi connectivity index (χ2n) is 10.3. The largest absolute Gasteiger partial charge is 0.406 e. The molecular formula is C25H32N5O11PS. The molecule has 1 unspecified atom stereocenters. The molecule has 2 aliphatic heterocycles. The quantitative estimate of drug-likeness (QED) is 0.175. The molecule has 16 nitrogen and oxygen atoms in total. The van der Waals surface area contributed by atoms with E-state index in [-0.39, 0.29) is 30.5 Å². The molecule has 0 aromatic carbocycles. The van der Waals surface area contributed by atoms with Gasteiger partial charge in [-0.3, -0.25) is 37.7 Å². The number of hydrogen-bond acceptors (Lipinski definition) is 12. The van der Waals surface area contributed by atoms with Gasteiger partial charge in [0.1, 0.15) is 30.8 Å². The fraction of sp³-hybridized carbons (Fsp3) is 0.520. The van der Waals surface area contributed by atoms with Gasteiger partial charge in [0.05, 0.1) is 19.3 Å². The molecule has 0 amide bonds. The molecule has 7 atom stereocenters. The van der Waals surface area contributed by atoms with E-state index in [0.29, 0.717) is 0 Å². The molecule has 234 valence electrons. The van der Waals surface area contributed by atoms with Gasteiger partial charge in [-0.25, -0.2) is 19.2 Å². The lowest BCUT2D eigenvalue weighted by atomic mass is 10.2. The lowest BCUT2D eigenvalue weighted by molar-refractivity contribution is -0.0533. The molecule has 2 saturated heterocycles. The molecule has 3 aromatic heterocycles. The SMILES string of the molecule is Cc1cn([C@H]2C[C@H](OP(=O)(NCc3cccs3)OC[C@H]3O[C@@H](n4cc(C)c(=O)[nH]c4=O)C[C@@H]3O)[C@@H](CO)O2)c(=O)[nH]c1=O. The molecular weight excluding hydrogens is 609 g/mol. The number of thiophene rings is 1. The zero-order valence-electron chi connectivity index (χ0n) is 23.2. The normalized spacial score (nSPS) is 27.0. The highest BCUT2D eigenvalue weighted by molar-refractivity contribution is 7.51. The smallest absolute Gasteiger partial charge is 0.394 e. The van der Waals surface area contributed by atoms with Crippen LogP contribution in [0.5, 0.6) is 0 Å². The minimum atomic E-state index is -4.19. The number of H-pyrrole nitrogens is 2. The van der Waals surface area contributed by atoms with Gasteiger partial charge < -0.3 is 19.7 Å². The second kappa shape index (κ2) is 12.9. The Kier molecular flexibility index (Phi) is 9.46. The summed E-state index contributed by atoms with van der Waals surface area (Å²) in [5, 5.41) is 25.3. The van der Waals surface area contributed by atoms with Crippen LogP contribution in [-0.2, 0) is 29.6 Å². The summed E-state index contributed by atoms with van der Waals surface area (Å²) in [5.74, 6) is 0. The molecule has 5 rings (SSSR count). The van der Waals surface area contributed by atoms with Gasteiger partial charge in [-0.1, -0.05) is 6.07 Å². The van der Waals surface area contributed by atoms with Gasteiger partial charge >= 0.3 is 19.1 Å². The van der Waals surface area contributed by atoms with Crippen LogP contribution in [0.3, 0.4) is 0 Å². The van der Waals surface area contributed by atoms with Crippen LogP contribution in [-0.4, -0.2) is 66.9 Å². The summed E-state index contributed by atoms with van der Waals surface area (Å²) in [6.07, 6.45) is -3.28. The van der Waals surface area contributed by atoms with Crippen LogP contribution in [0.2, 0.25) is 0 Å². The number of nitrogens with one attached hydrogen (secondary N) is 3. The van der Waals surface area contributed by atoms with E-state index in [0.717, 1.165) is 14.0 Å². The average Bonchev–Trinajstić information content (AvgIpc) is 3.71. The van der Waals surface area contributed by atoms with E-state index in [1.54, 1.807) is 0 Å². The average molecular weight is 642 g/mol. The second-order valence-corrected chi connectivity index (χ2v) is 13.1. The van der Waals surface area contributed by atoms with Crippen LogP contribution in [0.4, 0.5) is 0 Å². The van der Waals surface area contributed by atoms with Crippen molar-refractivity contribution in [3.05, 3.63) is 87.6 Å². The summed E-state index contributed by atoms with van der Waals surface area (Å²) in [5.41, 5.74) is -1.94. The third-order valence-electron chi connectivity index (χ3n) is 7.19. The van der Waals surface area contributed by atoms with Crippen LogP contribution < -0.4 is 27.6 Å². The number of aryl methyl sites for hydroxylation is 2. The Hall–Kier alpha value is -2.99. The summed E-state index contributed by atoms with van der Waals surface area (Å²) in [6.45, 7) is 2.23. The standard InChI is InChI=1S/C25H32N5O11PS/c1-13-9-29(24(35)27-22(13)33)20-6-16(32)19(40-20)12-38-42(37,26-8-15-4-3-5-43-15)41-17-7-21(39-18(17)11-31)30-10-14(2)23(34)28-25(30)36/h3-5,9-10,16-21,31-32H,6-8,11-12H2,1-2H3,(H,26,37)(H,27,33,35)(H,28,34,36)/t16-,17-,18+,19+,20+,21+,42?/m0/s1. The van der Waals surface area contributed by atoms with E-state index in [1.807, 2.05) is 17.5 Å². The van der Waals surface area contributed by atoms with Gasteiger partial charge in [0.2, 0.25) is 0 Å². The molecule has 0 aliphatic carbocycles. The Balaban J connectivity index is 1.32. The Morgan fingerprint density at radius 2 is 1.63 bits per heavy atom. The lowest BCUT2D eigenvalue weighted by Gasteiger charge is -2.26. The topological polar surface area (TPSA) is 216 Å². The fourth-order valence-electron chi connectivity index (χ4n) is 4.83. The summed E-state index contributed by atoms with van der Waals surface area (Å²) in [7, 11) is -4.19. The number of rotatable bonds is 11. The van der Waals surface area contributed by atoms with Crippen LogP contribution in [0.15, 0.2) is 49.1 Å². The van der Waals surface area contributed by atoms with Crippen molar-refractivity contribution < 1.29 is 33.3 Å². The van der Waals surface area contributed by atoms with Crippen molar-refractivity contribution in [2.75, 3.05) is 13.2 Å². The highest BCUT2D eigenvalue weighted by Gasteiger charge is 2.43. The maximum absolute atomic E-state index is 14.0. The molecule has 5 heterocycles. The fourth-order valence-corrected chi connectivity index (χ4v) is 7.10. The minimum Gasteiger partial charge on any atom is -0.394 e. The number of ether oxygens (including phenoxy) is 2. The van der Waals surface area contributed by atoms with Crippen molar-refractivity contribution in [3.8, 4) is 0 Å². The molecule has 2 fully saturated rings. The predicted octanol–water partition coefficient (Wildman–Crippen LogP) is -0.00696. The third kappa shape index (κ3) is 7.06. The van der Waals surface area contributed by atoms with Crippen molar-refractivity contribution in [2.24, 2.45) is 0 Å². The van der Waals surface area contributed by atoms with E-state index >= 15 is 0 Å². The molecule has 3 aromatic rings. The molecule has 5 N–H and O–H groups in total. The number of aliphatic hydroxyl groups is 2. The van der Waals surface area contributed by atoms with Gasteiger partial charge in [0.15, 0.2) is 0 Å². The number of nitrogens with zero attached hydrogens (tertiary/aromatic N) is 2. The first-order valence-electron chi connectivity index (χ1n) is 13.4. The predicted molar refractivity (Wildman–Crippen MR) is 152 cm³/mol. The third-order valence-corrected chi connectivity index (χ3v) is 9.65. The number of aromatic amines is 2. The van der Waals surface area contributed by atoms with Crippen LogP contribution >= 0.6 is 19.1 Å². The van der Waals surface area contributed by atoms with Crippen molar-refractivity contribution in [1.82, 2.24) is 24.2 Å². The molecule has 0 bridgehead atoms. The number of hydrogen-bond donors (Lipinski definition) is 5. The molecule has 18 heteroatoms. The summed E-state index contributed by atoms with van der Waals surface area (Å²) in [4.78, 5) is 53.5. The minimum absolute atomic E-state index is 0.00523. The van der Waals surface area contributed by atoms with Crippen molar-refractivity contribution >= 4 is 19.1 Å². The monoisotopic (exact) mass is 641 g/mol. The summed E-state index contributed by atoms with van der Waals surface area (Å²) in [6, 6.07) is 3.63. The Labute approximate surface area is 247 Å².